The number of hydrogen-bond acceptors (Lipinski definition) is 4. The van der Waals surface area contributed by atoms with Gasteiger partial charge in [-0.2, -0.15) is 0 Å². The quantitative estimate of drug-likeness (QED) is 0.761. The van der Waals surface area contributed by atoms with Crippen molar-refractivity contribution >= 4 is 17.3 Å². The summed E-state index contributed by atoms with van der Waals surface area (Å²) in [6.07, 6.45) is 1.01. The van der Waals surface area contributed by atoms with Crippen molar-refractivity contribution < 1.29 is 14.6 Å². The lowest BCUT2D eigenvalue weighted by Gasteiger charge is -2.04. The van der Waals surface area contributed by atoms with E-state index in [0.29, 0.717) is 24.8 Å². The minimum absolute atomic E-state index is 0.123. The van der Waals surface area contributed by atoms with Crippen LogP contribution in [0.1, 0.15) is 35.8 Å². The zero-order valence-electron chi connectivity index (χ0n) is 8.90. The van der Waals surface area contributed by atoms with Gasteiger partial charge in [-0.05, 0) is 12.3 Å². The zero-order valence-corrected chi connectivity index (χ0v) is 9.71. The zero-order chi connectivity index (χ0) is 11.3. The topological polar surface area (TPSA) is 59.4 Å². The van der Waals surface area contributed by atoms with E-state index in [1.54, 1.807) is 5.38 Å². The van der Waals surface area contributed by atoms with Crippen LogP contribution in [0.3, 0.4) is 0 Å². The molecule has 0 aromatic carbocycles. The molecule has 1 rings (SSSR count). The van der Waals surface area contributed by atoms with E-state index in [9.17, 15) is 4.79 Å². The van der Waals surface area contributed by atoms with E-state index in [2.05, 4.69) is 18.8 Å². The van der Waals surface area contributed by atoms with Gasteiger partial charge in [0.25, 0.3) is 0 Å². The molecule has 5 heteroatoms. The van der Waals surface area contributed by atoms with Crippen molar-refractivity contribution in [1.29, 1.82) is 0 Å². The third-order valence-corrected chi connectivity index (χ3v) is 2.70. The van der Waals surface area contributed by atoms with E-state index in [0.717, 1.165) is 17.8 Å². The molecule has 0 bridgehead atoms. The maximum Gasteiger partial charge on any atom is 0.365 e. The fourth-order valence-electron chi connectivity index (χ4n) is 0.967. The average Bonchev–Trinajstić information content (AvgIpc) is 2.60. The molecule has 0 atom stereocenters. The van der Waals surface area contributed by atoms with Crippen LogP contribution in [0, 0.1) is 5.92 Å². The van der Waals surface area contributed by atoms with Gasteiger partial charge in [0.1, 0.15) is 0 Å². The maximum absolute atomic E-state index is 10.5. The second-order valence-corrected chi connectivity index (χ2v) is 4.54. The van der Waals surface area contributed by atoms with Crippen molar-refractivity contribution in [3.63, 3.8) is 0 Å². The molecule has 84 valence electrons. The molecular formula is C10H15NO3S. The van der Waals surface area contributed by atoms with Crippen LogP contribution in [0.4, 0.5) is 0 Å². The van der Waals surface area contributed by atoms with Gasteiger partial charge in [0, 0.05) is 12.0 Å². The minimum Gasteiger partial charge on any atom is -0.476 e. The predicted molar refractivity (Wildman–Crippen MR) is 58.2 cm³/mol. The monoisotopic (exact) mass is 229 g/mol. The fourth-order valence-corrected chi connectivity index (χ4v) is 1.61. The van der Waals surface area contributed by atoms with Gasteiger partial charge in [-0.25, -0.2) is 9.78 Å². The summed E-state index contributed by atoms with van der Waals surface area (Å²) in [5.74, 6) is -0.358. The number of carbonyl (C=O) groups is 1. The maximum atomic E-state index is 10.5. The molecule has 0 spiro atoms. The molecule has 0 saturated heterocycles. The Balaban J connectivity index is 2.29. The first kappa shape index (κ1) is 12.1. The van der Waals surface area contributed by atoms with Crippen molar-refractivity contribution in [2.75, 3.05) is 6.61 Å². The number of hydrogen-bond donors (Lipinski definition) is 1. The second kappa shape index (κ2) is 5.82. The number of aromatic carboxylic acids is 1. The van der Waals surface area contributed by atoms with Crippen LogP contribution in [0.25, 0.3) is 0 Å². The lowest BCUT2D eigenvalue weighted by atomic mass is 10.1. The molecule has 0 aliphatic heterocycles. The molecule has 0 unspecified atom stereocenters. The molecular weight excluding hydrogens is 214 g/mol. The molecule has 1 heterocycles. The Kier molecular flexibility index (Phi) is 4.71. The molecule has 0 aliphatic rings. The molecule has 0 aliphatic carbocycles. The van der Waals surface area contributed by atoms with Crippen LogP contribution >= 0.6 is 11.3 Å². The third-order valence-electron chi connectivity index (χ3n) is 1.82. The molecule has 0 amide bonds. The van der Waals surface area contributed by atoms with E-state index in [-0.39, 0.29) is 5.01 Å². The molecule has 4 nitrogen and oxygen atoms in total. The van der Waals surface area contributed by atoms with Crippen LogP contribution in [0.15, 0.2) is 5.38 Å². The Morgan fingerprint density at radius 3 is 2.93 bits per heavy atom. The number of carboxylic acid groups (broad SMARTS) is 1. The Hall–Kier alpha value is -0.940. The van der Waals surface area contributed by atoms with E-state index >= 15 is 0 Å². The van der Waals surface area contributed by atoms with Crippen molar-refractivity contribution in [2.24, 2.45) is 5.92 Å². The summed E-state index contributed by atoms with van der Waals surface area (Å²) in [5.41, 5.74) is 0.696. The number of carboxylic acids is 1. The van der Waals surface area contributed by atoms with E-state index in [1.165, 1.54) is 0 Å². The van der Waals surface area contributed by atoms with Crippen LogP contribution in [-0.2, 0) is 11.3 Å². The lowest BCUT2D eigenvalue weighted by molar-refractivity contribution is 0.0695. The lowest BCUT2D eigenvalue weighted by Crippen LogP contribution is -2.00. The van der Waals surface area contributed by atoms with Crippen LogP contribution in [0.5, 0.6) is 0 Å². The Bertz CT molecular complexity index is 322. The SMILES string of the molecule is CC(C)CCOCc1csc(C(=O)O)n1. The van der Waals surface area contributed by atoms with Crippen molar-refractivity contribution in [1.82, 2.24) is 4.98 Å². The van der Waals surface area contributed by atoms with Gasteiger partial charge < -0.3 is 9.84 Å². The molecule has 0 radical (unpaired) electrons. The van der Waals surface area contributed by atoms with Gasteiger partial charge in [0.05, 0.1) is 12.3 Å². The number of thiazole rings is 1. The molecule has 15 heavy (non-hydrogen) atoms. The summed E-state index contributed by atoms with van der Waals surface area (Å²) in [6, 6.07) is 0. The minimum atomic E-state index is -0.978. The summed E-state index contributed by atoms with van der Waals surface area (Å²) < 4.78 is 5.37. The summed E-state index contributed by atoms with van der Waals surface area (Å²) >= 11 is 1.13. The van der Waals surface area contributed by atoms with Crippen molar-refractivity contribution in [3.8, 4) is 0 Å². The standard InChI is InChI=1S/C10H15NO3S/c1-7(2)3-4-14-5-8-6-15-9(11-8)10(12)13/h6-7H,3-5H2,1-2H3,(H,12,13). The van der Waals surface area contributed by atoms with Crippen LogP contribution < -0.4 is 0 Å². The fraction of sp³-hybridized carbons (Fsp3) is 0.600. The smallest absolute Gasteiger partial charge is 0.365 e. The highest BCUT2D eigenvalue weighted by Gasteiger charge is 2.08. The van der Waals surface area contributed by atoms with E-state index in [1.807, 2.05) is 0 Å². The number of rotatable bonds is 6. The molecule has 1 aromatic heterocycles. The summed E-state index contributed by atoms with van der Waals surface area (Å²) in [5, 5.41) is 10.5. The van der Waals surface area contributed by atoms with Gasteiger partial charge in [-0.15, -0.1) is 11.3 Å². The number of nitrogens with zero attached hydrogens (tertiary/aromatic N) is 1. The van der Waals surface area contributed by atoms with Gasteiger partial charge >= 0.3 is 5.97 Å². The first-order valence-electron chi connectivity index (χ1n) is 4.85. The highest BCUT2D eigenvalue weighted by molar-refractivity contribution is 7.11. The molecule has 1 N–H and O–H groups in total. The Morgan fingerprint density at radius 2 is 2.40 bits per heavy atom. The van der Waals surface area contributed by atoms with Gasteiger partial charge in [-0.1, -0.05) is 13.8 Å². The van der Waals surface area contributed by atoms with Gasteiger partial charge in [0.15, 0.2) is 0 Å². The third kappa shape index (κ3) is 4.40. The van der Waals surface area contributed by atoms with Gasteiger partial charge in [0.2, 0.25) is 5.01 Å². The Morgan fingerprint density at radius 1 is 1.67 bits per heavy atom. The summed E-state index contributed by atoms with van der Waals surface area (Å²) in [7, 11) is 0. The van der Waals surface area contributed by atoms with Crippen LogP contribution in [0.2, 0.25) is 0 Å². The largest absolute Gasteiger partial charge is 0.476 e. The molecule has 0 saturated carbocycles. The Labute approximate surface area is 92.9 Å². The van der Waals surface area contributed by atoms with E-state index in [4.69, 9.17) is 9.84 Å². The normalized spacial score (nSPS) is 10.9. The van der Waals surface area contributed by atoms with Crippen molar-refractivity contribution in [3.05, 3.63) is 16.1 Å². The summed E-state index contributed by atoms with van der Waals surface area (Å²) in [4.78, 5) is 14.5. The first-order chi connectivity index (χ1) is 7.09. The van der Waals surface area contributed by atoms with E-state index < -0.39 is 5.97 Å². The predicted octanol–water partition coefficient (Wildman–Crippen LogP) is 2.40. The molecule has 0 fully saturated rings. The molecule has 1 aromatic rings. The average molecular weight is 229 g/mol. The summed E-state index contributed by atoms with van der Waals surface area (Å²) in [6.45, 7) is 5.36. The number of ether oxygens (including phenoxy) is 1. The number of aromatic nitrogens is 1. The highest BCUT2D eigenvalue weighted by atomic mass is 32.1. The van der Waals surface area contributed by atoms with Crippen LogP contribution in [-0.4, -0.2) is 22.7 Å². The highest BCUT2D eigenvalue weighted by Crippen LogP contribution is 2.11. The first-order valence-corrected chi connectivity index (χ1v) is 5.73. The van der Waals surface area contributed by atoms with Crippen molar-refractivity contribution in [2.45, 2.75) is 26.9 Å². The van der Waals surface area contributed by atoms with Gasteiger partial charge in [-0.3, -0.25) is 0 Å². The second-order valence-electron chi connectivity index (χ2n) is 3.68.